The van der Waals surface area contributed by atoms with Gasteiger partial charge in [-0.25, -0.2) is 0 Å². The fraction of sp³-hybridized carbons (Fsp3) is 0.176. The molecule has 5 heteroatoms. The number of benzene rings is 2. The monoisotopic (exact) mass is 296 g/mol. The molecule has 22 heavy (non-hydrogen) atoms. The lowest BCUT2D eigenvalue weighted by Gasteiger charge is -2.26. The quantitative estimate of drug-likeness (QED) is 0.943. The van der Waals surface area contributed by atoms with Crippen LogP contribution in [0.1, 0.15) is 10.4 Å². The highest BCUT2D eigenvalue weighted by atomic mass is 16.5. The highest BCUT2D eigenvalue weighted by Gasteiger charge is 2.22. The van der Waals surface area contributed by atoms with E-state index in [2.05, 4.69) is 5.32 Å². The third-order valence-electron chi connectivity index (χ3n) is 3.41. The maximum absolute atomic E-state index is 12.3. The highest BCUT2D eigenvalue weighted by Crippen LogP contribution is 2.21. The molecule has 0 aliphatic carbocycles. The average Bonchev–Trinajstić information content (AvgIpc) is 2.56. The summed E-state index contributed by atoms with van der Waals surface area (Å²) in [6, 6.07) is 16.4. The highest BCUT2D eigenvalue weighted by molar-refractivity contribution is 5.97. The van der Waals surface area contributed by atoms with Crippen LogP contribution in [0.2, 0.25) is 0 Å². The molecule has 0 aromatic heterocycles. The lowest BCUT2D eigenvalue weighted by Crippen LogP contribution is -2.49. The van der Waals surface area contributed by atoms with Crippen LogP contribution < -0.4 is 10.1 Å². The van der Waals surface area contributed by atoms with Crippen LogP contribution >= 0.6 is 0 Å². The van der Waals surface area contributed by atoms with Crippen molar-refractivity contribution < 1.29 is 14.3 Å². The number of nitrogens with one attached hydrogen (secondary N) is 1. The van der Waals surface area contributed by atoms with Gasteiger partial charge in [0.25, 0.3) is 5.91 Å². The summed E-state index contributed by atoms with van der Waals surface area (Å²) in [4.78, 5) is 25.2. The topological polar surface area (TPSA) is 58.6 Å². The predicted molar refractivity (Wildman–Crippen MR) is 81.9 cm³/mol. The molecule has 0 bridgehead atoms. The lowest BCUT2D eigenvalue weighted by molar-refractivity contribution is -0.123. The van der Waals surface area contributed by atoms with Gasteiger partial charge in [-0.1, -0.05) is 18.2 Å². The Hall–Kier alpha value is -2.82. The van der Waals surface area contributed by atoms with Crippen molar-refractivity contribution in [1.29, 1.82) is 0 Å². The van der Waals surface area contributed by atoms with Crippen molar-refractivity contribution in [3.05, 3.63) is 60.2 Å². The van der Waals surface area contributed by atoms with E-state index in [1.165, 1.54) is 0 Å². The van der Waals surface area contributed by atoms with Gasteiger partial charge in [0.2, 0.25) is 5.91 Å². The summed E-state index contributed by atoms with van der Waals surface area (Å²) in [5.41, 5.74) is 0.551. The van der Waals surface area contributed by atoms with Crippen molar-refractivity contribution in [1.82, 2.24) is 10.2 Å². The number of ether oxygens (including phenoxy) is 1. The molecule has 0 saturated carbocycles. The molecule has 2 aromatic carbocycles. The van der Waals surface area contributed by atoms with Gasteiger partial charge in [0.05, 0.1) is 6.54 Å². The third-order valence-corrected chi connectivity index (χ3v) is 3.41. The Bertz CT molecular complexity index is 668. The minimum Gasteiger partial charge on any atom is -0.457 e. The van der Waals surface area contributed by atoms with Crippen molar-refractivity contribution in [2.45, 2.75) is 0 Å². The molecule has 1 heterocycles. The van der Waals surface area contributed by atoms with Gasteiger partial charge < -0.3 is 15.0 Å². The number of nitrogens with zero attached hydrogens (tertiary/aromatic N) is 1. The fourth-order valence-electron chi connectivity index (χ4n) is 2.28. The number of carbonyl (C=O) groups excluding carboxylic acids is 2. The Morgan fingerprint density at radius 3 is 2.36 bits per heavy atom. The second-order valence-corrected chi connectivity index (χ2v) is 5.02. The largest absolute Gasteiger partial charge is 0.457 e. The first-order valence-electron chi connectivity index (χ1n) is 7.11. The summed E-state index contributed by atoms with van der Waals surface area (Å²) in [5, 5.41) is 2.70. The second-order valence-electron chi connectivity index (χ2n) is 5.02. The first kappa shape index (κ1) is 14.1. The van der Waals surface area contributed by atoms with Crippen molar-refractivity contribution in [3.8, 4) is 11.5 Å². The number of piperazine rings is 1. The number of hydrogen-bond donors (Lipinski definition) is 1. The molecule has 5 nitrogen and oxygen atoms in total. The first-order valence-corrected chi connectivity index (χ1v) is 7.11. The molecule has 2 aromatic rings. The molecule has 1 saturated heterocycles. The maximum atomic E-state index is 12.3. The molecule has 1 N–H and O–H groups in total. The summed E-state index contributed by atoms with van der Waals surface area (Å²) in [6.07, 6.45) is 0. The smallest absolute Gasteiger partial charge is 0.254 e. The molecule has 3 rings (SSSR count). The normalized spacial score (nSPS) is 14.4. The average molecular weight is 296 g/mol. The van der Waals surface area contributed by atoms with Gasteiger partial charge in [0, 0.05) is 18.7 Å². The van der Waals surface area contributed by atoms with Crippen LogP contribution in [0, 0.1) is 0 Å². The molecule has 0 spiro atoms. The summed E-state index contributed by atoms with van der Waals surface area (Å²) in [5.74, 6) is 1.15. The maximum Gasteiger partial charge on any atom is 0.254 e. The SMILES string of the molecule is O=C1CN(C(=O)c2ccc(Oc3ccccc3)cc2)CCN1. The number of rotatable bonds is 3. The number of amides is 2. The number of hydrogen-bond acceptors (Lipinski definition) is 3. The molecule has 0 unspecified atom stereocenters. The zero-order valence-electron chi connectivity index (χ0n) is 12.0. The van der Waals surface area contributed by atoms with E-state index in [9.17, 15) is 9.59 Å². The Labute approximate surface area is 128 Å². The predicted octanol–water partition coefficient (Wildman–Crippen LogP) is 2.05. The summed E-state index contributed by atoms with van der Waals surface area (Å²) >= 11 is 0. The Morgan fingerprint density at radius 1 is 1.00 bits per heavy atom. The van der Waals surface area contributed by atoms with Crippen molar-refractivity contribution in [3.63, 3.8) is 0 Å². The van der Waals surface area contributed by atoms with Crippen LogP contribution in [0.25, 0.3) is 0 Å². The van der Waals surface area contributed by atoms with Crippen LogP contribution in [0.5, 0.6) is 11.5 Å². The minimum atomic E-state index is -0.138. The van der Waals surface area contributed by atoms with E-state index in [0.29, 0.717) is 24.4 Å². The Balaban J connectivity index is 1.68. The van der Waals surface area contributed by atoms with E-state index < -0.39 is 0 Å². The van der Waals surface area contributed by atoms with Gasteiger partial charge in [-0.15, -0.1) is 0 Å². The minimum absolute atomic E-state index is 0.112. The van der Waals surface area contributed by atoms with Crippen molar-refractivity contribution in [2.75, 3.05) is 19.6 Å². The van der Waals surface area contributed by atoms with Gasteiger partial charge in [0.1, 0.15) is 11.5 Å². The van der Waals surface area contributed by atoms with Crippen molar-refractivity contribution >= 4 is 11.8 Å². The van der Waals surface area contributed by atoms with Crippen LogP contribution in [0.4, 0.5) is 0 Å². The van der Waals surface area contributed by atoms with Gasteiger partial charge in [-0.2, -0.15) is 0 Å². The molecule has 112 valence electrons. The van der Waals surface area contributed by atoms with E-state index in [1.807, 2.05) is 30.3 Å². The third kappa shape index (κ3) is 3.25. The van der Waals surface area contributed by atoms with Gasteiger partial charge in [-0.05, 0) is 36.4 Å². The standard InChI is InChI=1S/C17H16N2O3/c20-16-12-19(11-10-18-16)17(21)13-6-8-15(9-7-13)22-14-4-2-1-3-5-14/h1-9H,10-12H2,(H,18,20). The molecular formula is C17H16N2O3. The summed E-state index contributed by atoms with van der Waals surface area (Å²) in [7, 11) is 0. The van der Waals surface area contributed by atoms with E-state index in [4.69, 9.17) is 4.74 Å². The summed E-state index contributed by atoms with van der Waals surface area (Å²) in [6.45, 7) is 1.15. The van der Waals surface area contributed by atoms with Crippen LogP contribution in [-0.4, -0.2) is 36.3 Å². The number of carbonyl (C=O) groups is 2. The van der Waals surface area contributed by atoms with Crippen molar-refractivity contribution in [2.24, 2.45) is 0 Å². The molecule has 0 radical (unpaired) electrons. The molecular weight excluding hydrogens is 280 g/mol. The van der Waals surface area contributed by atoms with Crippen LogP contribution in [0.3, 0.4) is 0 Å². The van der Waals surface area contributed by atoms with E-state index in [0.717, 1.165) is 5.75 Å². The lowest BCUT2D eigenvalue weighted by atomic mass is 10.1. The zero-order chi connectivity index (χ0) is 15.4. The molecule has 1 aliphatic rings. The first-order chi connectivity index (χ1) is 10.7. The Kier molecular flexibility index (Phi) is 4.05. The Morgan fingerprint density at radius 2 is 1.68 bits per heavy atom. The second kappa shape index (κ2) is 6.30. The van der Waals surface area contributed by atoms with Crippen LogP contribution in [0.15, 0.2) is 54.6 Å². The summed E-state index contributed by atoms with van der Waals surface area (Å²) < 4.78 is 5.69. The molecule has 0 atom stereocenters. The number of para-hydroxylation sites is 1. The van der Waals surface area contributed by atoms with E-state index in [1.54, 1.807) is 29.2 Å². The molecule has 2 amide bonds. The van der Waals surface area contributed by atoms with Gasteiger partial charge in [0.15, 0.2) is 0 Å². The zero-order valence-corrected chi connectivity index (χ0v) is 12.0. The van der Waals surface area contributed by atoms with Gasteiger partial charge >= 0.3 is 0 Å². The van der Waals surface area contributed by atoms with Gasteiger partial charge in [-0.3, -0.25) is 9.59 Å². The van der Waals surface area contributed by atoms with Crippen LogP contribution in [-0.2, 0) is 4.79 Å². The fourth-order valence-corrected chi connectivity index (χ4v) is 2.28. The van der Waals surface area contributed by atoms with E-state index >= 15 is 0 Å². The molecule has 1 aliphatic heterocycles. The van der Waals surface area contributed by atoms with E-state index in [-0.39, 0.29) is 18.4 Å². The molecule has 1 fully saturated rings.